The number of piperazine rings is 1. The molecule has 31 heavy (non-hydrogen) atoms. The molecule has 2 rings (SSSR count). The van der Waals surface area contributed by atoms with Gasteiger partial charge in [0.15, 0.2) is 11.5 Å². The fourth-order valence-corrected chi connectivity index (χ4v) is 3.67. The van der Waals surface area contributed by atoms with Crippen molar-refractivity contribution in [2.45, 2.75) is 53.2 Å². The van der Waals surface area contributed by atoms with E-state index in [4.69, 9.17) is 9.47 Å². The maximum Gasteiger partial charge on any atom is 0.410 e. The predicted molar refractivity (Wildman–Crippen MR) is 119 cm³/mol. The lowest BCUT2D eigenvalue weighted by atomic mass is 9.98. The van der Waals surface area contributed by atoms with Crippen LogP contribution in [0.4, 0.5) is 9.59 Å². The molecule has 1 aliphatic rings. The fourth-order valence-electron chi connectivity index (χ4n) is 3.67. The van der Waals surface area contributed by atoms with Gasteiger partial charge >= 0.3 is 12.1 Å². The van der Waals surface area contributed by atoms with Gasteiger partial charge in [0.1, 0.15) is 6.10 Å². The maximum absolute atomic E-state index is 12.6. The van der Waals surface area contributed by atoms with E-state index in [0.29, 0.717) is 50.3 Å². The van der Waals surface area contributed by atoms with Crippen molar-refractivity contribution >= 4 is 12.1 Å². The molecule has 8 nitrogen and oxygen atoms in total. The monoisotopic (exact) mass is 435 g/mol. The molecule has 0 bridgehead atoms. The van der Waals surface area contributed by atoms with Crippen molar-refractivity contribution in [1.82, 2.24) is 15.1 Å². The average Bonchev–Trinajstić information content (AvgIpc) is 2.72. The first-order chi connectivity index (χ1) is 14.7. The van der Waals surface area contributed by atoms with Crippen molar-refractivity contribution in [3.05, 3.63) is 23.8 Å². The van der Waals surface area contributed by atoms with Gasteiger partial charge in [-0.3, -0.25) is 0 Å². The lowest BCUT2D eigenvalue weighted by molar-refractivity contribution is 0.0343. The number of amides is 3. The van der Waals surface area contributed by atoms with Crippen molar-refractivity contribution in [3.8, 4) is 11.5 Å². The van der Waals surface area contributed by atoms with Crippen LogP contribution >= 0.6 is 0 Å². The number of aromatic hydroxyl groups is 1. The number of hydrogen-bond donors (Lipinski definition) is 2. The van der Waals surface area contributed by atoms with Crippen molar-refractivity contribution < 1.29 is 24.2 Å². The Balaban J connectivity index is 1.80. The van der Waals surface area contributed by atoms with Gasteiger partial charge in [-0.2, -0.15) is 0 Å². The minimum absolute atomic E-state index is 0.0598. The molecule has 8 heteroatoms. The number of nitrogens with zero attached hydrogens (tertiary/aromatic N) is 2. The zero-order valence-corrected chi connectivity index (χ0v) is 19.4. The number of rotatable bonds is 8. The third-order valence-corrected chi connectivity index (χ3v) is 5.25. The Morgan fingerprint density at radius 3 is 2.16 bits per heavy atom. The minimum atomic E-state index is -0.289. The highest BCUT2D eigenvalue weighted by Crippen LogP contribution is 2.26. The molecule has 0 aliphatic carbocycles. The van der Waals surface area contributed by atoms with E-state index in [1.807, 2.05) is 0 Å². The van der Waals surface area contributed by atoms with E-state index in [1.165, 1.54) is 13.2 Å². The van der Waals surface area contributed by atoms with Crippen LogP contribution in [0.1, 0.15) is 46.1 Å². The van der Waals surface area contributed by atoms with Crippen LogP contribution in [-0.2, 0) is 11.3 Å². The van der Waals surface area contributed by atoms with E-state index >= 15 is 0 Å². The smallest absolute Gasteiger partial charge is 0.410 e. The summed E-state index contributed by atoms with van der Waals surface area (Å²) in [6, 6.07) is 4.78. The summed E-state index contributed by atoms with van der Waals surface area (Å²) in [5.74, 6) is 1.35. The third-order valence-electron chi connectivity index (χ3n) is 5.25. The number of nitrogens with one attached hydrogen (secondary N) is 1. The van der Waals surface area contributed by atoms with Gasteiger partial charge in [-0.25, -0.2) is 9.59 Å². The molecule has 0 aromatic heterocycles. The SMILES string of the molecule is COc1cc(CNC(=O)N2CCN(C(=O)OC(CC(C)C)CC(C)C)CC2)ccc1O. The van der Waals surface area contributed by atoms with Crippen LogP contribution in [-0.4, -0.2) is 66.4 Å². The quantitative estimate of drug-likeness (QED) is 0.648. The van der Waals surface area contributed by atoms with Gasteiger partial charge in [-0.1, -0.05) is 33.8 Å². The molecule has 1 aliphatic heterocycles. The highest BCUT2D eigenvalue weighted by atomic mass is 16.6. The molecule has 1 aromatic carbocycles. The largest absolute Gasteiger partial charge is 0.504 e. The van der Waals surface area contributed by atoms with Gasteiger partial charge in [-0.05, 0) is 42.4 Å². The molecule has 0 saturated carbocycles. The zero-order chi connectivity index (χ0) is 23.0. The van der Waals surface area contributed by atoms with Crippen molar-refractivity contribution in [2.24, 2.45) is 11.8 Å². The van der Waals surface area contributed by atoms with Gasteiger partial charge in [0.25, 0.3) is 0 Å². The molecule has 1 fully saturated rings. The summed E-state index contributed by atoms with van der Waals surface area (Å²) >= 11 is 0. The van der Waals surface area contributed by atoms with Gasteiger partial charge in [0.05, 0.1) is 7.11 Å². The number of methoxy groups -OCH3 is 1. The molecule has 0 spiro atoms. The first kappa shape index (κ1) is 24.6. The molecule has 1 heterocycles. The summed E-state index contributed by atoms with van der Waals surface area (Å²) in [7, 11) is 1.48. The number of phenolic OH excluding ortho intramolecular Hbond substituents is 1. The number of carbonyl (C=O) groups excluding carboxylic acids is 2. The summed E-state index contributed by atoms with van der Waals surface area (Å²) in [6.07, 6.45) is 1.35. The Kier molecular flexibility index (Phi) is 9.27. The Bertz CT molecular complexity index is 720. The second-order valence-electron chi connectivity index (χ2n) is 8.90. The highest BCUT2D eigenvalue weighted by molar-refractivity contribution is 5.75. The molecule has 174 valence electrons. The molecule has 0 unspecified atom stereocenters. The minimum Gasteiger partial charge on any atom is -0.504 e. The summed E-state index contributed by atoms with van der Waals surface area (Å²) in [5.41, 5.74) is 0.826. The zero-order valence-electron chi connectivity index (χ0n) is 19.4. The molecule has 0 radical (unpaired) electrons. The number of benzene rings is 1. The van der Waals surface area contributed by atoms with Crippen molar-refractivity contribution in [2.75, 3.05) is 33.3 Å². The first-order valence-electron chi connectivity index (χ1n) is 11.0. The van der Waals surface area contributed by atoms with Crippen molar-refractivity contribution in [3.63, 3.8) is 0 Å². The van der Waals surface area contributed by atoms with Crippen LogP contribution < -0.4 is 10.1 Å². The standard InChI is InChI=1S/C23H37N3O5/c1-16(2)12-19(13-17(3)4)31-23(29)26-10-8-25(9-11-26)22(28)24-15-18-6-7-20(27)21(14-18)30-5/h6-7,14,16-17,19,27H,8-13,15H2,1-5H3,(H,24,28). The number of phenols is 1. The molecule has 3 amide bonds. The summed E-state index contributed by atoms with van der Waals surface area (Å²) < 4.78 is 10.9. The van der Waals surface area contributed by atoms with E-state index in [1.54, 1.807) is 21.9 Å². The lowest BCUT2D eigenvalue weighted by Crippen LogP contribution is -2.53. The van der Waals surface area contributed by atoms with Crippen molar-refractivity contribution in [1.29, 1.82) is 0 Å². The van der Waals surface area contributed by atoms with Crippen LogP contribution in [0, 0.1) is 11.8 Å². The molecule has 2 N–H and O–H groups in total. The van der Waals surface area contributed by atoms with E-state index in [0.717, 1.165) is 18.4 Å². The third kappa shape index (κ3) is 7.84. The van der Waals surface area contributed by atoms with E-state index in [-0.39, 0.29) is 24.0 Å². The second-order valence-corrected chi connectivity index (χ2v) is 8.90. The molecule has 1 saturated heterocycles. The highest BCUT2D eigenvalue weighted by Gasteiger charge is 2.27. The number of urea groups is 1. The number of hydrogen-bond acceptors (Lipinski definition) is 5. The molecule has 0 atom stereocenters. The molecular formula is C23H37N3O5. The second kappa shape index (κ2) is 11.7. The van der Waals surface area contributed by atoms with Crippen LogP contribution in [0.3, 0.4) is 0 Å². The van der Waals surface area contributed by atoms with Gasteiger partial charge in [0, 0.05) is 32.7 Å². The van der Waals surface area contributed by atoms with Crippen LogP contribution in [0.15, 0.2) is 18.2 Å². The average molecular weight is 436 g/mol. The predicted octanol–water partition coefficient (Wildman–Crippen LogP) is 3.83. The Morgan fingerprint density at radius 2 is 1.61 bits per heavy atom. The lowest BCUT2D eigenvalue weighted by Gasteiger charge is -2.35. The topological polar surface area (TPSA) is 91.3 Å². The first-order valence-corrected chi connectivity index (χ1v) is 11.0. The fraction of sp³-hybridized carbons (Fsp3) is 0.652. The number of carbonyl (C=O) groups is 2. The molecular weight excluding hydrogens is 398 g/mol. The Hall–Kier alpha value is -2.64. The summed E-state index contributed by atoms with van der Waals surface area (Å²) in [5, 5.41) is 12.5. The van der Waals surface area contributed by atoms with E-state index in [2.05, 4.69) is 33.0 Å². The normalized spacial score (nSPS) is 14.3. The van der Waals surface area contributed by atoms with Crippen LogP contribution in [0.2, 0.25) is 0 Å². The maximum atomic E-state index is 12.6. The van der Waals surface area contributed by atoms with E-state index in [9.17, 15) is 14.7 Å². The van der Waals surface area contributed by atoms with Gasteiger partial charge < -0.3 is 29.7 Å². The van der Waals surface area contributed by atoms with Crippen LogP contribution in [0.25, 0.3) is 0 Å². The Morgan fingerprint density at radius 1 is 1.03 bits per heavy atom. The number of ether oxygens (including phenoxy) is 2. The summed E-state index contributed by atoms with van der Waals surface area (Å²) in [6.45, 7) is 10.7. The van der Waals surface area contributed by atoms with Gasteiger partial charge in [0.2, 0.25) is 0 Å². The van der Waals surface area contributed by atoms with Crippen LogP contribution in [0.5, 0.6) is 11.5 Å². The van der Waals surface area contributed by atoms with Gasteiger partial charge in [-0.15, -0.1) is 0 Å². The summed E-state index contributed by atoms with van der Waals surface area (Å²) in [4.78, 5) is 28.5. The Labute approximate surface area is 185 Å². The van der Waals surface area contributed by atoms with E-state index < -0.39 is 0 Å². The molecule has 1 aromatic rings.